The van der Waals surface area contributed by atoms with Crippen molar-refractivity contribution in [1.29, 1.82) is 0 Å². The van der Waals surface area contributed by atoms with Crippen molar-refractivity contribution in [3.63, 3.8) is 0 Å². The normalized spacial score (nSPS) is 10.5. The lowest BCUT2D eigenvalue weighted by Crippen LogP contribution is -2.01. The highest BCUT2D eigenvalue weighted by Gasteiger charge is 2.07. The Morgan fingerprint density at radius 1 is 0.875 bits per heavy atom. The Balaban J connectivity index is 1.84. The summed E-state index contributed by atoms with van der Waals surface area (Å²) in [5.74, 6) is 6.79. The van der Waals surface area contributed by atoms with Crippen LogP contribution < -0.4 is 0 Å². The van der Waals surface area contributed by atoms with Crippen LogP contribution in [0.3, 0.4) is 0 Å². The Morgan fingerprint density at radius 3 is 2.50 bits per heavy atom. The van der Waals surface area contributed by atoms with Crippen molar-refractivity contribution < 1.29 is 0 Å². The van der Waals surface area contributed by atoms with Crippen molar-refractivity contribution in [2.75, 3.05) is 0 Å². The molecule has 0 fully saturated rings. The molecule has 1 heteroatoms. The quantitative estimate of drug-likeness (QED) is 0.388. The van der Waals surface area contributed by atoms with Crippen LogP contribution in [-0.4, -0.2) is 4.57 Å². The number of nitrogens with zero attached hydrogens (tertiary/aromatic N) is 1. The van der Waals surface area contributed by atoms with Crippen LogP contribution in [0.15, 0.2) is 60.7 Å². The van der Waals surface area contributed by atoms with Gasteiger partial charge >= 0.3 is 0 Å². The second-order valence-corrected chi connectivity index (χ2v) is 6.27. The van der Waals surface area contributed by atoms with Gasteiger partial charge in [-0.1, -0.05) is 80.6 Å². The molecular weight excluding hydrogens is 290 g/mol. The van der Waals surface area contributed by atoms with Crippen LogP contribution in [0.1, 0.15) is 50.3 Å². The van der Waals surface area contributed by atoms with Gasteiger partial charge in [0, 0.05) is 23.9 Å². The van der Waals surface area contributed by atoms with E-state index in [1.807, 2.05) is 0 Å². The van der Waals surface area contributed by atoms with Crippen LogP contribution in [-0.2, 0) is 6.54 Å². The SMILES string of the molecule is CCCCCCC#Cc1cc2ccccc2n1Cc1ccccc1. The third-order valence-corrected chi connectivity index (χ3v) is 4.37. The van der Waals surface area contributed by atoms with E-state index in [0.717, 1.165) is 18.7 Å². The zero-order valence-corrected chi connectivity index (χ0v) is 14.5. The molecule has 0 aliphatic heterocycles. The minimum atomic E-state index is 0.869. The topological polar surface area (TPSA) is 4.93 Å². The summed E-state index contributed by atoms with van der Waals surface area (Å²) in [4.78, 5) is 0. The van der Waals surface area contributed by atoms with Gasteiger partial charge in [0.15, 0.2) is 0 Å². The number of hydrogen-bond donors (Lipinski definition) is 0. The lowest BCUT2D eigenvalue weighted by molar-refractivity contribution is 0.679. The average molecular weight is 315 g/mol. The number of hydrogen-bond acceptors (Lipinski definition) is 0. The second-order valence-electron chi connectivity index (χ2n) is 6.27. The molecule has 0 saturated carbocycles. The van der Waals surface area contributed by atoms with Gasteiger partial charge in [-0.2, -0.15) is 0 Å². The van der Waals surface area contributed by atoms with Crippen molar-refractivity contribution >= 4 is 10.9 Å². The number of rotatable bonds is 6. The van der Waals surface area contributed by atoms with Crippen molar-refractivity contribution in [3.8, 4) is 11.8 Å². The minimum Gasteiger partial charge on any atom is -0.330 e. The van der Waals surface area contributed by atoms with E-state index >= 15 is 0 Å². The second kappa shape index (κ2) is 8.41. The number of unbranched alkanes of at least 4 members (excludes halogenated alkanes) is 4. The van der Waals surface area contributed by atoms with E-state index in [1.165, 1.54) is 42.1 Å². The predicted octanol–water partition coefficient (Wildman–Crippen LogP) is 6.01. The fourth-order valence-electron chi connectivity index (χ4n) is 3.04. The Hall–Kier alpha value is -2.46. The summed E-state index contributed by atoms with van der Waals surface area (Å²) in [5.41, 5.74) is 3.69. The first-order valence-corrected chi connectivity index (χ1v) is 8.99. The molecule has 0 saturated heterocycles. The first-order chi connectivity index (χ1) is 11.9. The first kappa shape index (κ1) is 16.4. The molecule has 0 aliphatic carbocycles. The largest absolute Gasteiger partial charge is 0.330 e. The number of benzene rings is 2. The zero-order valence-electron chi connectivity index (χ0n) is 14.5. The Labute approximate surface area is 145 Å². The molecule has 3 rings (SSSR count). The average Bonchev–Trinajstić information content (AvgIpc) is 2.97. The number of para-hydroxylation sites is 1. The van der Waals surface area contributed by atoms with E-state index in [-0.39, 0.29) is 0 Å². The molecule has 0 radical (unpaired) electrons. The fraction of sp³-hybridized carbons (Fsp3) is 0.304. The van der Waals surface area contributed by atoms with E-state index in [9.17, 15) is 0 Å². The van der Waals surface area contributed by atoms with Crippen LogP contribution in [0.5, 0.6) is 0 Å². The number of fused-ring (bicyclic) bond motifs is 1. The zero-order chi connectivity index (χ0) is 16.6. The molecule has 0 aliphatic rings. The molecule has 0 spiro atoms. The van der Waals surface area contributed by atoms with Gasteiger partial charge in [0.05, 0.1) is 5.69 Å². The summed E-state index contributed by atoms with van der Waals surface area (Å²) in [6.45, 7) is 3.11. The van der Waals surface area contributed by atoms with Gasteiger partial charge < -0.3 is 4.57 Å². The molecule has 0 bridgehead atoms. The lowest BCUT2D eigenvalue weighted by atomic mass is 10.1. The molecule has 1 heterocycles. The molecule has 1 aromatic heterocycles. The van der Waals surface area contributed by atoms with Crippen molar-refractivity contribution in [2.45, 2.75) is 45.6 Å². The summed E-state index contributed by atoms with van der Waals surface area (Å²) in [6.07, 6.45) is 6.08. The molecule has 3 aromatic rings. The van der Waals surface area contributed by atoms with Crippen LogP contribution in [0.25, 0.3) is 10.9 Å². The first-order valence-electron chi connectivity index (χ1n) is 8.99. The summed E-state index contributed by atoms with van der Waals surface area (Å²) < 4.78 is 2.34. The highest BCUT2D eigenvalue weighted by Crippen LogP contribution is 2.21. The van der Waals surface area contributed by atoms with E-state index in [2.05, 4.69) is 84.0 Å². The lowest BCUT2D eigenvalue weighted by Gasteiger charge is -2.07. The molecule has 0 N–H and O–H groups in total. The molecule has 24 heavy (non-hydrogen) atoms. The Morgan fingerprint density at radius 2 is 1.67 bits per heavy atom. The van der Waals surface area contributed by atoms with Gasteiger partial charge in [0.1, 0.15) is 0 Å². The summed E-state index contributed by atoms with van der Waals surface area (Å²) >= 11 is 0. The Kier molecular flexibility index (Phi) is 5.75. The van der Waals surface area contributed by atoms with E-state index in [0.29, 0.717) is 0 Å². The third-order valence-electron chi connectivity index (χ3n) is 4.37. The highest BCUT2D eigenvalue weighted by atomic mass is 15.0. The van der Waals surface area contributed by atoms with Crippen LogP contribution in [0.2, 0.25) is 0 Å². The molecule has 2 aromatic carbocycles. The van der Waals surface area contributed by atoms with Crippen LogP contribution in [0, 0.1) is 11.8 Å². The predicted molar refractivity (Wildman–Crippen MR) is 103 cm³/mol. The third kappa shape index (κ3) is 4.09. The maximum absolute atomic E-state index is 3.41. The highest BCUT2D eigenvalue weighted by molar-refractivity contribution is 5.82. The monoisotopic (exact) mass is 315 g/mol. The van der Waals surface area contributed by atoms with E-state index in [4.69, 9.17) is 0 Å². The maximum Gasteiger partial charge on any atom is 0.0933 e. The molecular formula is C23H25N. The Bertz CT molecular complexity index is 831. The maximum atomic E-state index is 3.41. The van der Waals surface area contributed by atoms with Crippen molar-refractivity contribution in [1.82, 2.24) is 4.57 Å². The molecule has 0 unspecified atom stereocenters. The van der Waals surface area contributed by atoms with Crippen molar-refractivity contribution in [2.24, 2.45) is 0 Å². The molecule has 1 nitrogen and oxygen atoms in total. The van der Waals surface area contributed by atoms with E-state index < -0.39 is 0 Å². The summed E-state index contributed by atoms with van der Waals surface area (Å²) in [5, 5.41) is 1.27. The van der Waals surface area contributed by atoms with Gasteiger partial charge in [-0.05, 0) is 30.0 Å². The number of aromatic nitrogens is 1. The van der Waals surface area contributed by atoms with Gasteiger partial charge in [0.2, 0.25) is 0 Å². The van der Waals surface area contributed by atoms with Gasteiger partial charge in [-0.3, -0.25) is 0 Å². The minimum absolute atomic E-state index is 0.869. The van der Waals surface area contributed by atoms with E-state index in [1.54, 1.807) is 0 Å². The summed E-state index contributed by atoms with van der Waals surface area (Å²) in [6, 6.07) is 21.4. The standard InChI is InChI=1S/C23H25N/c1-2-3-4-5-6-10-16-22-18-21-15-11-12-17-23(21)24(22)19-20-13-8-7-9-14-20/h7-9,11-15,17-18H,2-6,19H2,1H3. The van der Waals surface area contributed by atoms with Crippen LogP contribution >= 0.6 is 0 Å². The van der Waals surface area contributed by atoms with Crippen molar-refractivity contribution in [3.05, 3.63) is 71.9 Å². The molecule has 122 valence electrons. The summed E-state index contributed by atoms with van der Waals surface area (Å²) in [7, 11) is 0. The van der Waals surface area contributed by atoms with Gasteiger partial charge in [0.25, 0.3) is 0 Å². The smallest absolute Gasteiger partial charge is 0.0933 e. The van der Waals surface area contributed by atoms with Crippen LogP contribution in [0.4, 0.5) is 0 Å². The molecule has 0 amide bonds. The van der Waals surface area contributed by atoms with Gasteiger partial charge in [-0.15, -0.1) is 0 Å². The fourth-order valence-corrected chi connectivity index (χ4v) is 3.04. The van der Waals surface area contributed by atoms with Gasteiger partial charge in [-0.25, -0.2) is 0 Å². The molecule has 0 atom stereocenters.